The third-order valence-corrected chi connectivity index (χ3v) is 6.75. The molecule has 1 atom stereocenters. The van der Waals surface area contributed by atoms with Gasteiger partial charge in [0.2, 0.25) is 0 Å². The Morgan fingerprint density at radius 3 is 2.23 bits per heavy atom. The molecule has 11 heteroatoms. The van der Waals surface area contributed by atoms with E-state index in [9.17, 15) is 32.3 Å². The Labute approximate surface area is 201 Å². The lowest BCUT2D eigenvalue weighted by Gasteiger charge is -2.40. The van der Waals surface area contributed by atoms with Gasteiger partial charge in [-0.2, -0.15) is 13.2 Å². The van der Waals surface area contributed by atoms with Crippen LogP contribution in [0.2, 0.25) is 0 Å². The number of anilines is 1. The minimum absolute atomic E-state index is 0.0906. The van der Waals surface area contributed by atoms with Crippen LogP contribution in [-0.4, -0.2) is 46.9 Å². The van der Waals surface area contributed by atoms with Crippen LogP contribution in [0.25, 0.3) is 0 Å². The molecule has 0 bridgehead atoms. The Morgan fingerprint density at radius 2 is 1.71 bits per heavy atom. The normalized spacial score (nSPS) is 23.7. The van der Waals surface area contributed by atoms with Crippen molar-refractivity contribution in [2.24, 2.45) is 11.3 Å². The van der Waals surface area contributed by atoms with Crippen molar-refractivity contribution in [1.82, 2.24) is 10.2 Å². The number of benzene rings is 1. The highest BCUT2D eigenvalue weighted by Crippen LogP contribution is 2.43. The zero-order chi connectivity index (χ0) is 26.2. The number of alkyl halides is 3. The van der Waals surface area contributed by atoms with Gasteiger partial charge in [0.25, 0.3) is 11.8 Å². The molecule has 1 aromatic carbocycles. The highest BCUT2D eigenvalue weighted by Gasteiger charge is 2.53. The fourth-order valence-corrected chi connectivity index (χ4v) is 4.54. The number of halogens is 3. The predicted octanol–water partition coefficient (Wildman–Crippen LogP) is 4.10. The van der Waals surface area contributed by atoms with Crippen molar-refractivity contribution in [3.63, 3.8) is 0 Å². The Morgan fingerprint density at radius 1 is 1.14 bits per heavy atom. The van der Waals surface area contributed by atoms with E-state index in [4.69, 9.17) is 4.74 Å². The second kappa shape index (κ2) is 9.50. The third-order valence-electron chi connectivity index (χ3n) is 6.75. The Balaban J connectivity index is 1.53. The average Bonchev–Trinajstić information content (AvgIpc) is 2.97. The number of nitrogens with one attached hydrogen (secondary N) is 2. The molecule has 4 amide bonds. The van der Waals surface area contributed by atoms with Gasteiger partial charge < -0.3 is 15.4 Å². The molecular weight excluding hydrogens is 467 g/mol. The highest BCUT2D eigenvalue weighted by molar-refractivity contribution is 6.08. The van der Waals surface area contributed by atoms with Crippen molar-refractivity contribution in [2.75, 3.05) is 11.9 Å². The van der Waals surface area contributed by atoms with E-state index >= 15 is 0 Å². The molecule has 0 radical (unpaired) electrons. The molecule has 2 N–H and O–H groups in total. The van der Waals surface area contributed by atoms with Crippen LogP contribution in [0.4, 0.5) is 23.7 Å². The first-order valence-electron chi connectivity index (χ1n) is 11.4. The lowest BCUT2D eigenvalue weighted by Crippen LogP contribution is -2.50. The number of nitrogens with zero attached hydrogens (tertiary/aromatic N) is 1. The fraction of sp³-hybridized carbons (Fsp3) is 0.583. The molecule has 1 aromatic rings. The number of imide groups is 1. The molecule has 1 saturated heterocycles. The third kappa shape index (κ3) is 5.94. The zero-order valence-corrected chi connectivity index (χ0v) is 20.1. The van der Waals surface area contributed by atoms with E-state index in [1.165, 1.54) is 6.92 Å². The standard InChI is InChI=1S/C24H30F3N3O5/c1-14(19(32)28-17-7-5-16(6-8-17)24(25,26)27)35-18(31)13-30-20(33)23(29-21(30)34)11-9-15(10-12-23)22(2,3)4/h5-8,14-15H,9-13H2,1-4H3,(H,28,32)(H,29,34)/t14-,15?,23?/m0/s1. The van der Waals surface area contributed by atoms with Crippen LogP contribution in [0.1, 0.15) is 58.9 Å². The number of urea groups is 1. The highest BCUT2D eigenvalue weighted by atomic mass is 19.4. The smallest absolute Gasteiger partial charge is 0.416 e. The Bertz CT molecular complexity index is 993. The average molecular weight is 498 g/mol. The van der Waals surface area contributed by atoms with E-state index in [-0.39, 0.29) is 11.1 Å². The molecule has 2 aliphatic rings. The van der Waals surface area contributed by atoms with Crippen molar-refractivity contribution in [1.29, 1.82) is 0 Å². The van der Waals surface area contributed by atoms with Crippen molar-refractivity contribution >= 4 is 29.5 Å². The fourth-order valence-electron chi connectivity index (χ4n) is 4.54. The van der Waals surface area contributed by atoms with E-state index in [1.807, 2.05) is 0 Å². The Hall–Kier alpha value is -3.11. The monoisotopic (exact) mass is 497 g/mol. The summed E-state index contributed by atoms with van der Waals surface area (Å²) in [5.41, 5.74) is -1.71. The van der Waals surface area contributed by atoms with Crippen molar-refractivity contribution in [2.45, 2.75) is 71.2 Å². The molecule has 1 spiro atoms. The summed E-state index contributed by atoms with van der Waals surface area (Å²) in [5.74, 6) is -1.79. The lowest BCUT2D eigenvalue weighted by molar-refractivity contribution is -0.155. The van der Waals surface area contributed by atoms with Gasteiger partial charge in [0.1, 0.15) is 12.1 Å². The second-order valence-electron chi connectivity index (χ2n) is 10.2. The van der Waals surface area contributed by atoms with Crippen molar-refractivity contribution in [3.8, 4) is 0 Å². The minimum atomic E-state index is -4.50. The van der Waals surface area contributed by atoms with Crippen molar-refractivity contribution in [3.05, 3.63) is 29.8 Å². The number of carbonyl (C=O) groups excluding carboxylic acids is 4. The van der Waals surface area contributed by atoms with E-state index in [0.29, 0.717) is 18.8 Å². The largest absolute Gasteiger partial charge is 0.451 e. The topological polar surface area (TPSA) is 105 Å². The lowest BCUT2D eigenvalue weighted by atomic mass is 9.67. The summed E-state index contributed by atoms with van der Waals surface area (Å²) in [7, 11) is 0. The van der Waals surface area contributed by atoms with Crippen LogP contribution in [-0.2, 0) is 25.3 Å². The quantitative estimate of drug-likeness (QED) is 0.471. The van der Waals surface area contributed by atoms with E-state index in [1.54, 1.807) is 0 Å². The minimum Gasteiger partial charge on any atom is -0.451 e. The van der Waals surface area contributed by atoms with Crippen LogP contribution in [0.15, 0.2) is 24.3 Å². The van der Waals surface area contributed by atoms with Gasteiger partial charge in [0.05, 0.1) is 5.56 Å². The molecule has 1 heterocycles. The van der Waals surface area contributed by atoms with Gasteiger partial charge in [0, 0.05) is 5.69 Å². The van der Waals surface area contributed by atoms with Gasteiger partial charge in [-0.25, -0.2) is 4.79 Å². The van der Waals surface area contributed by atoms with Crippen molar-refractivity contribution < 1.29 is 37.1 Å². The van der Waals surface area contributed by atoms with Gasteiger partial charge in [-0.05, 0) is 68.2 Å². The summed E-state index contributed by atoms with van der Waals surface area (Å²) in [4.78, 5) is 50.9. The predicted molar refractivity (Wildman–Crippen MR) is 120 cm³/mol. The maximum atomic E-state index is 13.0. The molecule has 192 valence electrons. The molecule has 1 aliphatic carbocycles. The van der Waals surface area contributed by atoms with E-state index in [2.05, 4.69) is 31.4 Å². The maximum absolute atomic E-state index is 13.0. The molecule has 1 saturated carbocycles. The SMILES string of the molecule is C[C@H](OC(=O)CN1C(=O)NC2(CCC(C(C)(C)C)CC2)C1=O)C(=O)Nc1ccc(C(F)(F)F)cc1. The van der Waals surface area contributed by atoms with Gasteiger partial charge in [-0.3, -0.25) is 19.3 Å². The van der Waals surface area contributed by atoms with Crippen LogP contribution >= 0.6 is 0 Å². The molecule has 3 rings (SSSR count). The first-order valence-corrected chi connectivity index (χ1v) is 11.4. The first kappa shape index (κ1) is 26.5. The number of hydrogen-bond donors (Lipinski definition) is 2. The summed E-state index contributed by atoms with van der Waals surface area (Å²) in [5, 5.41) is 5.10. The zero-order valence-electron chi connectivity index (χ0n) is 20.1. The summed E-state index contributed by atoms with van der Waals surface area (Å²) >= 11 is 0. The van der Waals surface area contributed by atoms with E-state index in [0.717, 1.165) is 42.0 Å². The van der Waals surface area contributed by atoms with Gasteiger partial charge in [-0.1, -0.05) is 20.8 Å². The number of carbonyl (C=O) groups is 4. The second-order valence-corrected chi connectivity index (χ2v) is 10.2. The van der Waals surface area contributed by atoms with E-state index < -0.39 is 53.7 Å². The Kier molecular flexibility index (Phi) is 7.19. The van der Waals surface area contributed by atoms with Gasteiger partial charge >= 0.3 is 18.2 Å². The molecule has 0 unspecified atom stereocenters. The van der Waals surface area contributed by atoms with Crippen LogP contribution in [0.3, 0.4) is 0 Å². The number of hydrogen-bond acceptors (Lipinski definition) is 5. The summed E-state index contributed by atoms with van der Waals surface area (Å²) in [6.45, 7) is 7.05. The van der Waals surface area contributed by atoms with Crippen LogP contribution < -0.4 is 10.6 Å². The maximum Gasteiger partial charge on any atom is 0.416 e. The molecule has 0 aromatic heterocycles. The molecule has 8 nitrogen and oxygen atoms in total. The molecule has 35 heavy (non-hydrogen) atoms. The van der Waals surface area contributed by atoms with Crippen LogP contribution in [0.5, 0.6) is 0 Å². The summed E-state index contributed by atoms with van der Waals surface area (Å²) in [6, 6.07) is 3.11. The molecule has 2 fully saturated rings. The number of ether oxygens (including phenoxy) is 1. The number of amides is 4. The molecular formula is C24H30F3N3O5. The first-order chi connectivity index (χ1) is 16.1. The number of rotatable bonds is 5. The van der Waals surface area contributed by atoms with Gasteiger partial charge in [0.15, 0.2) is 6.10 Å². The summed E-state index contributed by atoms with van der Waals surface area (Å²) in [6.07, 6.45) is -3.30. The van der Waals surface area contributed by atoms with Crippen LogP contribution in [0, 0.1) is 11.3 Å². The molecule has 1 aliphatic heterocycles. The van der Waals surface area contributed by atoms with Gasteiger partial charge in [-0.15, -0.1) is 0 Å². The summed E-state index contributed by atoms with van der Waals surface area (Å²) < 4.78 is 43.0. The number of esters is 1.